The predicted octanol–water partition coefficient (Wildman–Crippen LogP) is 1.89. The van der Waals surface area contributed by atoms with Crippen molar-refractivity contribution in [3.8, 4) is 0 Å². The first-order chi connectivity index (χ1) is 9.97. The molecule has 116 valence electrons. The highest BCUT2D eigenvalue weighted by Crippen LogP contribution is 2.14. The molecule has 0 saturated heterocycles. The molecular formula is C14H20N2O4S. The van der Waals surface area contributed by atoms with Crippen molar-refractivity contribution in [2.75, 3.05) is 6.54 Å². The van der Waals surface area contributed by atoms with Gasteiger partial charge in [-0.2, -0.15) is 0 Å². The van der Waals surface area contributed by atoms with E-state index in [1.165, 1.54) is 6.07 Å². The van der Waals surface area contributed by atoms with E-state index < -0.39 is 10.0 Å². The molecule has 0 radical (unpaired) electrons. The number of furan rings is 2. The number of sulfonamides is 1. The monoisotopic (exact) mass is 312 g/mol. The molecule has 0 atom stereocenters. The van der Waals surface area contributed by atoms with Crippen molar-refractivity contribution in [1.82, 2.24) is 10.0 Å². The third kappa shape index (κ3) is 4.73. The molecule has 0 aliphatic rings. The largest absolute Gasteiger partial charge is 0.469 e. The Labute approximate surface area is 124 Å². The maximum absolute atomic E-state index is 12.1. The molecule has 0 aliphatic heterocycles. The van der Waals surface area contributed by atoms with Crippen LogP contribution in [0, 0.1) is 0 Å². The summed E-state index contributed by atoms with van der Waals surface area (Å²) in [6.07, 6.45) is 2.05. The van der Waals surface area contributed by atoms with Gasteiger partial charge in [-0.15, -0.1) is 0 Å². The lowest BCUT2D eigenvalue weighted by molar-refractivity contribution is 0.393. The summed E-state index contributed by atoms with van der Waals surface area (Å²) in [5.41, 5.74) is 0. The summed E-state index contributed by atoms with van der Waals surface area (Å²) in [5.74, 6) is 1.33. The van der Waals surface area contributed by atoms with Crippen molar-refractivity contribution < 1.29 is 17.3 Å². The second-order valence-electron chi connectivity index (χ2n) is 4.98. The van der Waals surface area contributed by atoms with E-state index in [0.29, 0.717) is 24.8 Å². The van der Waals surface area contributed by atoms with Crippen LogP contribution in [-0.4, -0.2) is 21.0 Å². The van der Waals surface area contributed by atoms with Gasteiger partial charge in [0.05, 0.1) is 12.8 Å². The standard InChI is InChI=1S/C14H20N2O4S/c1-11(2)15-10-13-5-6-14(20-13)21(17,18)16-8-7-12-4-3-9-19-12/h3-6,9,11,15-16H,7-8,10H2,1-2H3. The predicted molar refractivity (Wildman–Crippen MR) is 78.3 cm³/mol. The lowest BCUT2D eigenvalue weighted by atomic mass is 10.3. The molecule has 2 aromatic heterocycles. The Kier molecular flexibility index (Phi) is 5.22. The zero-order chi connectivity index (χ0) is 15.3. The molecule has 0 amide bonds. The second-order valence-corrected chi connectivity index (χ2v) is 6.68. The Balaban J connectivity index is 1.89. The summed E-state index contributed by atoms with van der Waals surface area (Å²) in [6, 6.07) is 7.01. The molecule has 2 aromatic rings. The number of nitrogens with one attached hydrogen (secondary N) is 2. The Bertz CT molecular complexity index is 644. The van der Waals surface area contributed by atoms with E-state index in [2.05, 4.69) is 10.0 Å². The van der Waals surface area contributed by atoms with Crippen LogP contribution in [0.4, 0.5) is 0 Å². The minimum atomic E-state index is -3.62. The van der Waals surface area contributed by atoms with Crippen LogP contribution in [-0.2, 0) is 23.0 Å². The molecule has 0 spiro atoms. The third-order valence-corrected chi connectivity index (χ3v) is 4.16. The summed E-state index contributed by atoms with van der Waals surface area (Å²) < 4.78 is 37.1. The minimum Gasteiger partial charge on any atom is -0.469 e. The third-order valence-electron chi connectivity index (χ3n) is 2.83. The molecule has 0 bridgehead atoms. The summed E-state index contributed by atoms with van der Waals surface area (Å²) in [4.78, 5) is 0. The molecule has 7 heteroatoms. The van der Waals surface area contributed by atoms with Gasteiger partial charge in [0.25, 0.3) is 10.0 Å². The van der Waals surface area contributed by atoms with Gasteiger partial charge in [0, 0.05) is 19.0 Å². The topological polar surface area (TPSA) is 84.5 Å². The van der Waals surface area contributed by atoms with Crippen LogP contribution in [0.5, 0.6) is 0 Å². The van der Waals surface area contributed by atoms with E-state index in [1.807, 2.05) is 13.8 Å². The van der Waals surface area contributed by atoms with E-state index in [4.69, 9.17) is 8.83 Å². The van der Waals surface area contributed by atoms with Gasteiger partial charge in [-0.1, -0.05) is 13.8 Å². The van der Waals surface area contributed by atoms with Crippen LogP contribution < -0.4 is 10.0 Å². The van der Waals surface area contributed by atoms with Crippen LogP contribution in [0.15, 0.2) is 44.5 Å². The Morgan fingerprint density at radius 3 is 2.67 bits per heavy atom. The molecule has 21 heavy (non-hydrogen) atoms. The fraction of sp³-hybridized carbons (Fsp3) is 0.429. The van der Waals surface area contributed by atoms with Crippen molar-refractivity contribution in [2.24, 2.45) is 0 Å². The zero-order valence-corrected chi connectivity index (χ0v) is 12.9. The quantitative estimate of drug-likeness (QED) is 0.777. The molecule has 0 fully saturated rings. The molecule has 2 heterocycles. The average Bonchev–Trinajstić information content (AvgIpc) is 3.07. The van der Waals surface area contributed by atoms with E-state index in [1.54, 1.807) is 24.5 Å². The minimum absolute atomic E-state index is 0.0671. The molecule has 0 unspecified atom stereocenters. The van der Waals surface area contributed by atoms with Gasteiger partial charge in [-0.05, 0) is 24.3 Å². The fourth-order valence-electron chi connectivity index (χ4n) is 1.74. The molecular weight excluding hydrogens is 292 g/mol. The Morgan fingerprint density at radius 1 is 1.19 bits per heavy atom. The maximum Gasteiger partial charge on any atom is 0.273 e. The van der Waals surface area contributed by atoms with Crippen molar-refractivity contribution in [2.45, 2.75) is 37.9 Å². The van der Waals surface area contributed by atoms with Crippen LogP contribution in [0.3, 0.4) is 0 Å². The SMILES string of the molecule is CC(C)NCc1ccc(S(=O)(=O)NCCc2ccco2)o1. The summed E-state index contributed by atoms with van der Waals surface area (Å²) in [6.45, 7) is 4.78. The van der Waals surface area contributed by atoms with Crippen LogP contribution in [0.1, 0.15) is 25.4 Å². The first kappa shape index (κ1) is 15.8. The van der Waals surface area contributed by atoms with Gasteiger partial charge in [-0.3, -0.25) is 0 Å². The molecule has 0 aliphatic carbocycles. The Morgan fingerprint density at radius 2 is 2.00 bits per heavy atom. The number of hydrogen-bond acceptors (Lipinski definition) is 5. The van der Waals surface area contributed by atoms with Gasteiger partial charge >= 0.3 is 0 Å². The van der Waals surface area contributed by atoms with E-state index in [-0.39, 0.29) is 11.6 Å². The highest BCUT2D eigenvalue weighted by Gasteiger charge is 2.18. The molecule has 0 saturated carbocycles. The van der Waals surface area contributed by atoms with Gasteiger partial charge in [0.1, 0.15) is 11.5 Å². The van der Waals surface area contributed by atoms with Gasteiger partial charge < -0.3 is 14.2 Å². The van der Waals surface area contributed by atoms with Crippen molar-refractivity contribution in [3.63, 3.8) is 0 Å². The fourth-order valence-corrected chi connectivity index (χ4v) is 2.71. The molecule has 6 nitrogen and oxygen atoms in total. The van der Waals surface area contributed by atoms with Crippen LogP contribution in [0.25, 0.3) is 0 Å². The van der Waals surface area contributed by atoms with Gasteiger partial charge in [0.2, 0.25) is 5.09 Å². The lowest BCUT2D eigenvalue weighted by Crippen LogP contribution is -2.25. The molecule has 0 aromatic carbocycles. The summed E-state index contributed by atoms with van der Waals surface area (Å²) in [5, 5.41) is 3.10. The van der Waals surface area contributed by atoms with E-state index >= 15 is 0 Å². The molecule has 2 rings (SSSR count). The van der Waals surface area contributed by atoms with Crippen molar-refractivity contribution >= 4 is 10.0 Å². The highest BCUT2D eigenvalue weighted by atomic mass is 32.2. The lowest BCUT2D eigenvalue weighted by Gasteiger charge is -2.05. The van der Waals surface area contributed by atoms with E-state index in [0.717, 1.165) is 5.76 Å². The first-order valence-corrected chi connectivity index (χ1v) is 8.30. The second kappa shape index (κ2) is 6.93. The first-order valence-electron chi connectivity index (χ1n) is 6.81. The van der Waals surface area contributed by atoms with Gasteiger partial charge in [0.15, 0.2) is 0 Å². The average molecular weight is 312 g/mol. The normalized spacial score (nSPS) is 12.1. The van der Waals surface area contributed by atoms with Crippen molar-refractivity contribution in [1.29, 1.82) is 0 Å². The summed E-state index contributed by atoms with van der Waals surface area (Å²) in [7, 11) is -3.62. The molecule has 2 N–H and O–H groups in total. The summed E-state index contributed by atoms with van der Waals surface area (Å²) >= 11 is 0. The maximum atomic E-state index is 12.1. The van der Waals surface area contributed by atoms with E-state index in [9.17, 15) is 8.42 Å². The van der Waals surface area contributed by atoms with Crippen molar-refractivity contribution in [3.05, 3.63) is 42.0 Å². The Hall–Kier alpha value is -1.57. The smallest absolute Gasteiger partial charge is 0.273 e. The van der Waals surface area contributed by atoms with Gasteiger partial charge in [-0.25, -0.2) is 13.1 Å². The zero-order valence-electron chi connectivity index (χ0n) is 12.1. The van der Waals surface area contributed by atoms with Crippen LogP contribution >= 0.6 is 0 Å². The highest BCUT2D eigenvalue weighted by molar-refractivity contribution is 7.89. The van der Waals surface area contributed by atoms with Crippen LogP contribution in [0.2, 0.25) is 0 Å². The number of hydrogen-bond donors (Lipinski definition) is 2. The number of rotatable bonds is 8.